The van der Waals surface area contributed by atoms with Crippen LogP contribution in [-0.4, -0.2) is 39.9 Å². The molecule has 6 nitrogen and oxygen atoms in total. The highest BCUT2D eigenvalue weighted by molar-refractivity contribution is 5.80. The van der Waals surface area contributed by atoms with Crippen molar-refractivity contribution < 1.29 is 0 Å². The molecule has 1 fully saturated rings. The van der Waals surface area contributed by atoms with Crippen LogP contribution in [-0.2, 0) is 13.0 Å². The van der Waals surface area contributed by atoms with Crippen LogP contribution >= 0.6 is 0 Å². The first-order valence-electron chi connectivity index (χ1n) is 10.2. The van der Waals surface area contributed by atoms with Crippen molar-refractivity contribution in [1.29, 1.82) is 0 Å². The van der Waals surface area contributed by atoms with Gasteiger partial charge >= 0.3 is 0 Å². The first-order valence-corrected chi connectivity index (χ1v) is 10.2. The van der Waals surface area contributed by atoms with Crippen LogP contribution < -0.4 is 10.6 Å². The van der Waals surface area contributed by atoms with E-state index in [0.29, 0.717) is 6.04 Å². The first kappa shape index (κ1) is 18.2. The lowest BCUT2D eigenvalue weighted by Gasteiger charge is -2.25. The Morgan fingerprint density at radius 2 is 2.08 bits per heavy atom. The fourth-order valence-electron chi connectivity index (χ4n) is 4.10. The summed E-state index contributed by atoms with van der Waals surface area (Å²) < 4.78 is 2.04. The summed E-state index contributed by atoms with van der Waals surface area (Å²) in [4.78, 5) is 9.26. The lowest BCUT2D eigenvalue weighted by molar-refractivity contribution is 0.392. The zero-order chi connectivity index (χ0) is 17.5. The number of rotatable bonds is 7. The molecular weight excluding hydrogens is 312 g/mol. The SMILES string of the molecule is CCNC(=NCCCCC1CCCC1)NC1CCc2nc(C)nn2C1. The number of aliphatic imine (C=N–C) groups is 1. The zero-order valence-corrected chi connectivity index (χ0v) is 15.9. The Morgan fingerprint density at radius 1 is 1.24 bits per heavy atom. The Balaban J connectivity index is 1.42. The van der Waals surface area contributed by atoms with E-state index in [2.05, 4.69) is 27.6 Å². The van der Waals surface area contributed by atoms with Gasteiger partial charge in [-0.2, -0.15) is 5.10 Å². The van der Waals surface area contributed by atoms with Crippen LogP contribution in [0.25, 0.3) is 0 Å². The Morgan fingerprint density at radius 3 is 2.88 bits per heavy atom. The Bertz CT molecular complexity index is 558. The van der Waals surface area contributed by atoms with Gasteiger partial charge < -0.3 is 10.6 Å². The van der Waals surface area contributed by atoms with Gasteiger partial charge in [-0.05, 0) is 32.6 Å². The highest BCUT2D eigenvalue weighted by atomic mass is 15.4. The fraction of sp³-hybridized carbons (Fsp3) is 0.842. The number of nitrogens with zero attached hydrogens (tertiary/aromatic N) is 4. The van der Waals surface area contributed by atoms with Gasteiger partial charge in [-0.25, -0.2) is 9.67 Å². The normalized spacial score (nSPS) is 21.4. The van der Waals surface area contributed by atoms with Gasteiger partial charge in [-0.1, -0.05) is 38.5 Å². The largest absolute Gasteiger partial charge is 0.357 e. The summed E-state index contributed by atoms with van der Waals surface area (Å²) in [6.07, 6.45) is 11.8. The van der Waals surface area contributed by atoms with Crippen molar-refractivity contribution in [3.8, 4) is 0 Å². The molecule has 1 aliphatic carbocycles. The Labute approximate surface area is 151 Å². The fourth-order valence-corrected chi connectivity index (χ4v) is 4.10. The van der Waals surface area contributed by atoms with Gasteiger partial charge in [0.1, 0.15) is 11.6 Å². The maximum atomic E-state index is 4.78. The first-order chi connectivity index (χ1) is 12.2. The van der Waals surface area contributed by atoms with Gasteiger partial charge in [0, 0.05) is 25.6 Å². The van der Waals surface area contributed by atoms with Crippen molar-refractivity contribution in [2.75, 3.05) is 13.1 Å². The molecule has 2 N–H and O–H groups in total. The van der Waals surface area contributed by atoms with Crippen LogP contribution in [0, 0.1) is 12.8 Å². The van der Waals surface area contributed by atoms with Gasteiger partial charge in [0.05, 0.1) is 6.54 Å². The molecule has 0 radical (unpaired) electrons. The molecule has 1 saturated carbocycles. The summed E-state index contributed by atoms with van der Waals surface area (Å²) in [5.41, 5.74) is 0. The molecule has 140 valence electrons. The van der Waals surface area contributed by atoms with E-state index >= 15 is 0 Å². The molecule has 25 heavy (non-hydrogen) atoms. The molecular formula is C19H34N6. The number of aromatic nitrogens is 3. The van der Waals surface area contributed by atoms with E-state index in [1.54, 1.807) is 0 Å². The maximum absolute atomic E-state index is 4.78. The van der Waals surface area contributed by atoms with Gasteiger partial charge in [-0.15, -0.1) is 0 Å². The molecule has 0 bridgehead atoms. The molecule has 1 aliphatic heterocycles. The highest BCUT2D eigenvalue weighted by Crippen LogP contribution is 2.28. The molecule has 3 rings (SSSR count). The Hall–Kier alpha value is -1.59. The summed E-state index contributed by atoms with van der Waals surface area (Å²) >= 11 is 0. The van der Waals surface area contributed by atoms with Gasteiger partial charge in [-0.3, -0.25) is 4.99 Å². The van der Waals surface area contributed by atoms with E-state index in [9.17, 15) is 0 Å². The number of fused-ring (bicyclic) bond motifs is 1. The van der Waals surface area contributed by atoms with E-state index in [1.165, 1.54) is 44.9 Å². The number of hydrogen-bond donors (Lipinski definition) is 2. The molecule has 1 aromatic rings. The average Bonchev–Trinajstić information content (AvgIpc) is 3.22. The number of nitrogens with one attached hydrogen (secondary N) is 2. The lowest BCUT2D eigenvalue weighted by Crippen LogP contribution is -2.47. The minimum Gasteiger partial charge on any atom is -0.357 e. The van der Waals surface area contributed by atoms with Gasteiger partial charge in [0.25, 0.3) is 0 Å². The minimum absolute atomic E-state index is 0.380. The van der Waals surface area contributed by atoms with Crippen LogP contribution in [0.5, 0.6) is 0 Å². The zero-order valence-electron chi connectivity index (χ0n) is 15.9. The van der Waals surface area contributed by atoms with Crippen LogP contribution in [0.3, 0.4) is 0 Å². The highest BCUT2D eigenvalue weighted by Gasteiger charge is 2.21. The molecule has 0 saturated heterocycles. The minimum atomic E-state index is 0.380. The lowest BCUT2D eigenvalue weighted by atomic mass is 10.0. The molecule has 1 unspecified atom stereocenters. The average molecular weight is 347 g/mol. The molecule has 0 amide bonds. The van der Waals surface area contributed by atoms with Crippen molar-refractivity contribution in [3.05, 3.63) is 11.6 Å². The summed E-state index contributed by atoms with van der Waals surface area (Å²) in [5.74, 6) is 3.94. The van der Waals surface area contributed by atoms with Crippen LogP contribution in [0.2, 0.25) is 0 Å². The monoisotopic (exact) mass is 346 g/mol. The molecule has 2 aliphatic rings. The predicted octanol–water partition coefficient (Wildman–Crippen LogP) is 2.82. The summed E-state index contributed by atoms with van der Waals surface area (Å²) in [7, 11) is 0. The molecule has 0 spiro atoms. The smallest absolute Gasteiger partial charge is 0.191 e. The molecule has 0 aromatic carbocycles. The van der Waals surface area contributed by atoms with E-state index in [-0.39, 0.29) is 0 Å². The van der Waals surface area contributed by atoms with Crippen molar-refractivity contribution in [2.45, 2.75) is 84.2 Å². The number of guanidine groups is 1. The molecule has 2 heterocycles. The molecule has 1 atom stereocenters. The predicted molar refractivity (Wildman–Crippen MR) is 102 cm³/mol. The number of hydrogen-bond acceptors (Lipinski definition) is 3. The topological polar surface area (TPSA) is 67.1 Å². The second-order valence-corrected chi connectivity index (χ2v) is 7.54. The second-order valence-electron chi connectivity index (χ2n) is 7.54. The van der Waals surface area contributed by atoms with Gasteiger partial charge in [0.2, 0.25) is 0 Å². The van der Waals surface area contributed by atoms with Crippen molar-refractivity contribution in [3.63, 3.8) is 0 Å². The third-order valence-corrected chi connectivity index (χ3v) is 5.41. The standard InChI is InChI=1S/C19H34N6/c1-3-20-19(21-13-7-6-10-16-8-4-5-9-16)23-17-11-12-18-22-15(2)24-25(18)14-17/h16-17H,3-14H2,1-2H3,(H2,20,21,23). The third kappa shape index (κ3) is 5.44. The van der Waals surface area contributed by atoms with Crippen LogP contribution in [0.15, 0.2) is 4.99 Å². The van der Waals surface area contributed by atoms with Crippen molar-refractivity contribution >= 4 is 5.96 Å². The molecule has 6 heteroatoms. The Kier molecular flexibility index (Phi) is 6.70. The summed E-state index contributed by atoms with van der Waals surface area (Å²) in [6.45, 7) is 6.78. The van der Waals surface area contributed by atoms with Crippen molar-refractivity contribution in [2.24, 2.45) is 10.9 Å². The van der Waals surface area contributed by atoms with E-state index in [0.717, 1.165) is 56.0 Å². The van der Waals surface area contributed by atoms with Gasteiger partial charge in [0.15, 0.2) is 5.96 Å². The van der Waals surface area contributed by atoms with E-state index in [4.69, 9.17) is 4.99 Å². The van der Waals surface area contributed by atoms with Crippen LogP contribution in [0.4, 0.5) is 0 Å². The number of unbranched alkanes of at least 4 members (excludes halogenated alkanes) is 1. The van der Waals surface area contributed by atoms with E-state index in [1.807, 2.05) is 11.6 Å². The third-order valence-electron chi connectivity index (χ3n) is 5.41. The summed E-state index contributed by atoms with van der Waals surface area (Å²) in [5, 5.41) is 11.5. The maximum Gasteiger partial charge on any atom is 0.191 e. The summed E-state index contributed by atoms with van der Waals surface area (Å²) in [6, 6.07) is 0.380. The second kappa shape index (κ2) is 9.20. The van der Waals surface area contributed by atoms with Crippen molar-refractivity contribution in [1.82, 2.24) is 25.4 Å². The quantitative estimate of drug-likeness (QED) is 0.453. The van der Waals surface area contributed by atoms with E-state index < -0.39 is 0 Å². The number of aryl methyl sites for hydroxylation is 2. The van der Waals surface area contributed by atoms with Crippen LogP contribution in [0.1, 0.15) is 69.9 Å². The molecule has 1 aromatic heterocycles.